The first-order valence-corrected chi connectivity index (χ1v) is 9.01. The molecule has 2 aromatic rings. The summed E-state index contributed by atoms with van der Waals surface area (Å²) in [5.41, 5.74) is 5.29. The normalized spacial score (nSPS) is 17.7. The van der Waals surface area contributed by atoms with E-state index in [2.05, 4.69) is 5.16 Å². The maximum atomic E-state index is 12.6. The van der Waals surface area contributed by atoms with Gasteiger partial charge in [-0.1, -0.05) is 5.16 Å². The van der Waals surface area contributed by atoms with Crippen LogP contribution in [0.15, 0.2) is 39.8 Å². The maximum Gasteiger partial charge on any atom is 0.416 e. The van der Waals surface area contributed by atoms with Crippen LogP contribution in [-0.2, 0) is 16.2 Å². The smallest absolute Gasteiger partial charge is 0.368 e. The molecule has 0 radical (unpaired) electrons. The van der Waals surface area contributed by atoms with Crippen molar-refractivity contribution < 1.29 is 26.1 Å². The number of aromatic nitrogens is 1. The highest BCUT2D eigenvalue weighted by Gasteiger charge is 2.33. The number of benzene rings is 1. The fourth-order valence-electron chi connectivity index (χ4n) is 2.85. The largest absolute Gasteiger partial charge is 0.416 e. The summed E-state index contributed by atoms with van der Waals surface area (Å²) in [4.78, 5) is -0.148. The van der Waals surface area contributed by atoms with Crippen molar-refractivity contribution in [2.24, 2.45) is 0 Å². The number of nitrogens with zero attached hydrogens (tertiary/aromatic N) is 2. The van der Waals surface area contributed by atoms with Crippen LogP contribution in [0.1, 0.15) is 30.0 Å². The number of anilines is 1. The molecule has 10 heteroatoms. The molecule has 0 atom stereocenters. The number of rotatable bonds is 3. The number of hydrogen-bond donors (Lipinski definition) is 1. The van der Waals surface area contributed by atoms with E-state index in [-0.39, 0.29) is 29.8 Å². The minimum absolute atomic E-state index is 0.0418. The summed E-state index contributed by atoms with van der Waals surface area (Å²) in [7, 11) is -3.83. The van der Waals surface area contributed by atoms with Gasteiger partial charge in [-0.3, -0.25) is 0 Å². The van der Waals surface area contributed by atoms with E-state index >= 15 is 0 Å². The number of sulfonamides is 1. The van der Waals surface area contributed by atoms with Gasteiger partial charge in [0, 0.05) is 25.1 Å². The second kappa shape index (κ2) is 6.34. The van der Waals surface area contributed by atoms with Gasteiger partial charge >= 0.3 is 6.18 Å². The average Bonchev–Trinajstić information content (AvgIpc) is 3.01. The van der Waals surface area contributed by atoms with Crippen LogP contribution in [0, 0.1) is 0 Å². The van der Waals surface area contributed by atoms with Gasteiger partial charge in [-0.15, -0.1) is 0 Å². The fourth-order valence-corrected chi connectivity index (χ4v) is 4.32. The van der Waals surface area contributed by atoms with Crippen molar-refractivity contribution >= 4 is 15.9 Å². The van der Waals surface area contributed by atoms with Crippen molar-refractivity contribution in [1.29, 1.82) is 0 Å². The summed E-state index contributed by atoms with van der Waals surface area (Å²) in [5, 5.41) is 3.84. The Hall–Kier alpha value is -2.07. The lowest BCUT2D eigenvalue weighted by atomic mass is 9.95. The van der Waals surface area contributed by atoms with Crippen molar-refractivity contribution in [3.05, 3.63) is 41.6 Å². The van der Waals surface area contributed by atoms with Crippen molar-refractivity contribution in [2.75, 3.05) is 18.8 Å². The summed E-state index contributed by atoms with van der Waals surface area (Å²) in [6.07, 6.45) is -3.43. The summed E-state index contributed by atoms with van der Waals surface area (Å²) >= 11 is 0. The Bertz CT molecular complexity index is 839. The van der Waals surface area contributed by atoms with Gasteiger partial charge in [-0.2, -0.15) is 17.5 Å². The molecular weight excluding hydrogens is 359 g/mol. The molecule has 1 aliphatic heterocycles. The van der Waals surface area contributed by atoms with Gasteiger partial charge in [0.15, 0.2) is 0 Å². The van der Waals surface area contributed by atoms with E-state index < -0.39 is 21.8 Å². The molecule has 0 aliphatic carbocycles. The van der Waals surface area contributed by atoms with Gasteiger partial charge in [0.05, 0.1) is 16.2 Å². The molecule has 0 bridgehead atoms. The van der Waals surface area contributed by atoms with Gasteiger partial charge in [0.25, 0.3) is 0 Å². The third kappa shape index (κ3) is 3.64. The van der Waals surface area contributed by atoms with Gasteiger partial charge in [0.1, 0.15) is 0 Å². The van der Waals surface area contributed by atoms with E-state index in [9.17, 15) is 21.6 Å². The number of piperidine rings is 1. The predicted molar refractivity (Wildman–Crippen MR) is 83.1 cm³/mol. The number of nitrogen functional groups attached to an aromatic ring is 1. The molecule has 0 amide bonds. The molecule has 0 saturated carbocycles. The summed E-state index contributed by atoms with van der Waals surface area (Å²) in [6, 6.07) is 5.14. The van der Waals surface area contributed by atoms with E-state index in [4.69, 9.17) is 10.3 Å². The Kier molecular flexibility index (Phi) is 4.50. The lowest BCUT2D eigenvalue weighted by Crippen LogP contribution is -2.38. The molecule has 2 heterocycles. The van der Waals surface area contributed by atoms with Gasteiger partial charge in [-0.25, -0.2) is 8.42 Å². The highest BCUT2D eigenvalue weighted by Crippen LogP contribution is 2.32. The molecule has 0 unspecified atom stereocenters. The van der Waals surface area contributed by atoms with E-state index in [0.717, 1.165) is 24.3 Å². The van der Waals surface area contributed by atoms with Crippen LogP contribution < -0.4 is 5.73 Å². The van der Waals surface area contributed by atoms with Crippen LogP contribution >= 0.6 is 0 Å². The summed E-state index contributed by atoms with van der Waals surface area (Å²) in [5.74, 6) is 0.245. The number of nitrogens with two attached hydrogens (primary N) is 1. The maximum absolute atomic E-state index is 12.6. The van der Waals surface area contributed by atoms with E-state index in [1.54, 1.807) is 6.07 Å². The van der Waals surface area contributed by atoms with Crippen molar-refractivity contribution in [1.82, 2.24) is 9.46 Å². The van der Waals surface area contributed by atoms with Crippen LogP contribution in [-0.4, -0.2) is 31.0 Å². The Labute approximate surface area is 142 Å². The summed E-state index contributed by atoms with van der Waals surface area (Å²) in [6.45, 7) is 0.502. The van der Waals surface area contributed by atoms with Gasteiger partial charge in [0.2, 0.25) is 15.9 Å². The molecule has 25 heavy (non-hydrogen) atoms. The van der Waals surface area contributed by atoms with Crippen LogP contribution in [0.5, 0.6) is 0 Å². The Balaban J connectivity index is 1.71. The average molecular weight is 375 g/mol. The first-order chi connectivity index (χ1) is 11.7. The SMILES string of the molecule is Nc1cc(C2CCN(S(=O)(=O)c3ccc(C(F)(F)F)cc3)CC2)no1. The monoisotopic (exact) mass is 375 g/mol. The van der Waals surface area contributed by atoms with E-state index in [1.807, 2.05) is 0 Å². The number of hydrogen-bond acceptors (Lipinski definition) is 5. The lowest BCUT2D eigenvalue weighted by Gasteiger charge is -2.30. The molecule has 3 rings (SSSR count). The third-order valence-electron chi connectivity index (χ3n) is 4.24. The summed E-state index contributed by atoms with van der Waals surface area (Å²) < 4.78 is 69.1. The zero-order valence-corrected chi connectivity index (χ0v) is 13.8. The minimum Gasteiger partial charge on any atom is -0.368 e. The molecule has 6 nitrogen and oxygen atoms in total. The van der Waals surface area contributed by atoms with Crippen LogP contribution in [0.2, 0.25) is 0 Å². The van der Waals surface area contributed by atoms with Crippen LogP contribution in [0.3, 0.4) is 0 Å². The van der Waals surface area contributed by atoms with E-state index in [0.29, 0.717) is 18.5 Å². The molecule has 1 aromatic heterocycles. The van der Waals surface area contributed by atoms with E-state index in [1.165, 1.54) is 4.31 Å². The first-order valence-electron chi connectivity index (χ1n) is 7.57. The molecule has 1 fully saturated rings. The van der Waals surface area contributed by atoms with Crippen LogP contribution in [0.4, 0.5) is 19.1 Å². The highest BCUT2D eigenvalue weighted by atomic mass is 32.2. The van der Waals surface area contributed by atoms with Crippen LogP contribution in [0.25, 0.3) is 0 Å². The third-order valence-corrected chi connectivity index (χ3v) is 6.15. The number of alkyl halides is 3. The van der Waals surface area contributed by atoms with Crippen molar-refractivity contribution in [2.45, 2.75) is 29.8 Å². The minimum atomic E-state index is -4.50. The van der Waals surface area contributed by atoms with Gasteiger partial charge < -0.3 is 10.3 Å². The second-order valence-corrected chi connectivity index (χ2v) is 7.79. The van der Waals surface area contributed by atoms with Crippen molar-refractivity contribution in [3.63, 3.8) is 0 Å². The molecule has 136 valence electrons. The zero-order valence-electron chi connectivity index (χ0n) is 13.0. The Morgan fingerprint density at radius 2 is 1.76 bits per heavy atom. The first kappa shape index (κ1) is 17.7. The molecular formula is C15H16F3N3O3S. The Morgan fingerprint density at radius 1 is 1.16 bits per heavy atom. The fraction of sp³-hybridized carbons (Fsp3) is 0.400. The topological polar surface area (TPSA) is 89.4 Å². The molecule has 1 aromatic carbocycles. The molecule has 1 saturated heterocycles. The predicted octanol–water partition coefficient (Wildman–Crippen LogP) is 2.84. The zero-order chi connectivity index (χ0) is 18.2. The standard InChI is InChI=1S/C15H16F3N3O3S/c16-15(17,18)11-1-3-12(4-2-11)25(22,23)21-7-5-10(6-8-21)13-9-14(19)24-20-13/h1-4,9-10H,5-8,19H2. The highest BCUT2D eigenvalue weighted by molar-refractivity contribution is 7.89. The van der Waals surface area contributed by atoms with Gasteiger partial charge in [-0.05, 0) is 37.1 Å². The Morgan fingerprint density at radius 3 is 2.24 bits per heavy atom. The second-order valence-electron chi connectivity index (χ2n) is 5.85. The molecule has 0 spiro atoms. The quantitative estimate of drug-likeness (QED) is 0.891. The number of halogens is 3. The lowest BCUT2D eigenvalue weighted by molar-refractivity contribution is -0.137. The molecule has 2 N–H and O–H groups in total. The van der Waals surface area contributed by atoms with Crippen molar-refractivity contribution in [3.8, 4) is 0 Å². The molecule has 1 aliphatic rings.